The number of alkyl carbamates (subject to hydrolysis) is 2. The number of phenols is 1. The minimum Gasteiger partial charge on any atom is -0.508 e. The van der Waals surface area contributed by atoms with Gasteiger partial charge in [0, 0.05) is 19.4 Å². The molecule has 0 aliphatic carbocycles. The first-order valence-electron chi connectivity index (χ1n) is 19.8. The van der Waals surface area contributed by atoms with Crippen molar-refractivity contribution in [2.45, 2.75) is 115 Å². The summed E-state index contributed by atoms with van der Waals surface area (Å²) in [5, 5.41) is 44.7. The number of hydrogen-bond donors (Lipinski definition) is 10. The molecule has 0 spiro atoms. The van der Waals surface area contributed by atoms with Crippen molar-refractivity contribution in [2.24, 2.45) is 5.73 Å². The smallest absolute Gasteiger partial charge is 0.408 e. The Hall–Kier alpha value is -6.48. The molecule has 0 fully saturated rings. The molecule has 7 amide bonds. The minimum absolute atomic E-state index is 0.0518. The zero-order chi connectivity index (χ0) is 46.4. The number of aliphatic hydroxyl groups excluding tert-OH is 2. The van der Waals surface area contributed by atoms with E-state index in [-0.39, 0.29) is 51.0 Å². The monoisotopic (exact) mass is 873 g/mol. The number of ether oxygens (including phenoxy) is 3. The second-order valence-corrected chi connectivity index (χ2v) is 15.2. The van der Waals surface area contributed by atoms with E-state index in [1.54, 1.807) is 51.1 Å². The Morgan fingerprint density at radius 3 is 1.85 bits per heavy atom. The van der Waals surface area contributed by atoms with Gasteiger partial charge in [-0.05, 0) is 76.6 Å². The number of aliphatic hydroxyl groups is 2. The summed E-state index contributed by atoms with van der Waals surface area (Å²) in [5.41, 5.74) is 5.69. The van der Waals surface area contributed by atoms with Crippen molar-refractivity contribution >= 4 is 47.7 Å². The van der Waals surface area contributed by atoms with E-state index < -0.39 is 103 Å². The number of primary amides is 1. The molecule has 6 atom stereocenters. The number of phenolic OH excluding ortho intramolecular Hbond substituents is 1. The van der Waals surface area contributed by atoms with Gasteiger partial charge in [-0.1, -0.05) is 42.5 Å². The Bertz CT molecular complexity index is 1810. The van der Waals surface area contributed by atoms with Crippen molar-refractivity contribution < 1.29 is 67.9 Å². The topological polar surface area (TPSA) is 323 Å². The van der Waals surface area contributed by atoms with Crippen LogP contribution in [0.25, 0.3) is 0 Å². The van der Waals surface area contributed by atoms with E-state index >= 15 is 0 Å². The molecule has 0 saturated carbocycles. The summed E-state index contributed by atoms with van der Waals surface area (Å²) in [4.78, 5) is 104. The molecule has 0 aliphatic rings. The SMILES string of the molecule is COC(=O)[C@H](CO)NC(=O)[C@H](CCC(N)=O)NC(=O)[C@H](CCCCNC(=O)OC(C)(C)C)NC(=O)[C@@H](NC(=O)[C@H](Cc1ccc(O)cc1)NC(=O)OCc1ccccc1)[C@@H](C)O. The van der Waals surface area contributed by atoms with Crippen molar-refractivity contribution in [3.63, 3.8) is 0 Å². The van der Waals surface area contributed by atoms with Crippen LogP contribution in [0, 0.1) is 0 Å². The third kappa shape index (κ3) is 19.7. The van der Waals surface area contributed by atoms with Crippen LogP contribution in [0.1, 0.15) is 70.9 Å². The third-order valence-electron chi connectivity index (χ3n) is 8.78. The first kappa shape index (κ1) is 51.7. The summed E-state index contributed by atoms with van der Waals surface area (Å²) in [6.45, 7) is 5.37. The number of rotatable bonds is 24. The van der Waals surface area contributed by atoms with Crippen molar-refractivity contribution in [3.8, 4) is 5.75 Å². The molecular weight excluding hydrogens is 814 g/mol. The van der Waals surface area contributed by atoms with Gasteiger partial charge in [0.2, 0.25) is 29.5 Å². The fourth-order valence-electron chi connectivity index (χ4n) is 5.57. The molecule has 0 aliphatic heterocycles. The van der Waals surface area contributed by atoms with Crippen LogP contribution in [0.2, 0.25) is 0 Å². The number of hydrogen-bond acceptors (Lipinski definition) is 14. The highest BCUT2D eigenvalue weighted by molar-refractivity contribution is 5.96. The van der Waals surface area contributed by atoms with Gasteiger partial charge in [0.05, 0.1) is 19.8 Å². The lowest BCUT2D eigenvalue weighted by molar-refractivity contribution is -0.146. The summed E-state index contributed by atoms with van der Waals surface area (Å²) in [6, 6.07) is 6.85. The lowest BCUT2D eigenvalue weighted by Gasteiger charge is -2.28. The summed E-state index contributed by atoms with van der Waals surface area (Å²) in [7, 11) is 1.02. The number of unbranched alkanes of at least 4 members (excludes halogenated alkanes) is 1. The Kier molecular flexibility index (Phi) is 21.7. The molecule has 0 heterocycles. The predicted octanol–water partition coefficient (Wildman–Crippen LogP) is -0.324. The van der Waals surface area contributed by atoms with Gasteiger partial charge >= 0.3 is 18.2 Å². The van der Waals surface area contributed by atoms with Gasteiger partial charge in [0.1, 0.15) is 42.1 Å². The highest BCUT2D eigenvalue weighted by Gasteiger charge is 2.34. The van der Waals surface area contributed by atoms with Crippen LogP contribution in [0.4, 0.5) is 9.59 Å². The van der Waals surface area contributed by atoms with Crippen molar-refractivity contribution in [1.82, 2.24) is 31.9 Å². The summed E-state index contributed by atoms with van der Waals surface area (Å²) >= 11 is 0. The maximum Gasteiger partial charge on any atom is 0.408 e. The zero-order valence-corrected chi connectivity index (χ0v) is 35.4. The molecule has 2 aromatic rings. The fraction of sp³-hybridized carbons (Fsp3) is 0.512. The second kappa shape index (κ2) is 26.0. The summed E-state index contributed by atoms with van der Waals surface area (Å²) in [5.74, 6) is -5.84. The molecule has 0 unspecified atom stereocenters. The number of carbonyl (C=O) groups is 8. The van der Waals surface area contributed by atoms with Gasteiger partial charge in [0.15, 0.2) is 6.04 Å². The maximum absolute atomic E-state index is 13.9. The van der Waals surface area contributed by atoms with Gasteiger partial charge in [-0.2, -0.15) is 0 Å². The summed E-state index contributed by atoms with van der Waals surface area (Å²) < 4.78 is 15.1. The van der Waals surface area contributed by atoms with Crippen molar-refractivity contribution in [2.75, 3.05) is 20.3 Å². The number of methoxy groups -OCH3 is 1. The zero-order valence-electron chi connectivity index (χ0n) is 35.4. The van der Waals surface area contributed by atoms with Crippen LogP contribution < -0.4 is 37.6 Å². The number of carbonyl (C=O) groups excluding carboxylic acids is 8. The first-order valence-corrected chi connectivity index (χ1v) is 19.8. The molecule has 342 valence electrons. The lowest BCUT2D eigenvalue weighted by atomic mass is 10.0. The number of nitrogens with one attached hydrogen (secondary N) is 6. The Balaban J connectivity index is 2.35. The molecule has 0 bridgehead atoms. The molecule has 0 saturated heterocycles. The molecule has 2 aromatic carbocycles. The van der Waals surface area contributed by atoms with Gasteiger partial charge in [0.25, 0.3) is 0 Å². The molecule has 0 radical (unpaired) electrons. The Morgan fingerprint density at radius 1 is 0.710 bits per heavy atom. The highest BCUT2D eigenvalue weighted by atomic mass is 16.6. The van der Waals surface area contributed by atoms with Crippen molar-refractivity contribution in [1.29, 1.82) is 0 Å². The largest absolute Gasteiger partial charge is 0.508 e. The first-order chi connectivity index (χ1) is 29.2. The number of aromatic hydroxyl groups is 1. The number of esters is 1. The summed E-state index contributed by atoms with van der Waals surface area (Å²) in [6.07, 6.45) is -3.83. The van der Waals surface area contributed by atoms with E-state index in [0.29, 0.717) is 11.1 Å². The normalized spacial score (nSPS) is 13.9. The quantitative estimate of drug-likeness (QED) is 0.0367. The molecule has 62 heavy (non-hydrogen) atoms. The number of amides is 7. The van der Waals surface area contributed by atoms with E-state index in [9.17, 15) is 53.7 Å². The Morgan fingerprint density at radius 2 is 1.29 bits per heavy atom. The van der Waals surface area contributed by atoms with Gasteiger partial charge in [-0.15, -0.1) is 0 Å². The van der Waals surface area contributed by atoms with Crippen LogP contribution in [0.5, 0.6) is 5.75 Å². The molecule has 2 rings (SSSR count). The van der Waals surface area contributed by atoms with Gasteiger partial charge < -0.3 is 67.2 Å². The van der Waals surface area contributed by atoms with E-state index in [2.05, 4.69) is 36.6 Å². The lowest BCUT2D eigenvalue weighted by Crippen LogP contribution is -2.61. The molecule has 21 nitrogen and oxygen atoms in total. The maximum atomic E-state index is 13.9. The second-order valence-electron chi connectivity index (χ2n) is 15.2. The van der Waals surface area contributed by atoms with E-state index in [1.165, 1.54) is 31.2 Å². The number of nitrogens with two attached hydrogens (primary N) is 1. The molecular formula is C41H59N7O14. The number of benzene rings is 2. The van der Waals surface area contributed by atoms with Crippen LogP contribution in [0.15, 0.2) is 54.6 Å². The van der Waals surface area contributed by atoms with Crippen LogP contribution in [-0.4, -0.2) is 125 Å². The average molecular weight is 874 g/mol. The van der Waals surface area contributed by atoms with Gasteiger partial charge in [-0.25, -0.2) is 14.4 Å². The Labute approximate surface area is 359 Å². The van der Waals surface area contributed by atoms with Crippen LogP contribution in [-0.2, 0) is 56.0 Å². The minimum atomic E-state index is -1.73. The van der Waals surface area contributed by atoms with E-state index in [4.69, 9.17) is 15.2 Å². The van der Waals surface area contributed by atoms with Crippen LogP contribution in [0.3, 0.4) is 0 Å². The predicted molar refractivity (Wildman–Crippen MR) is 220 cm³/mol. The van der Waals surface area contributed by atoms with E-state index in [0.717, 1.165) is 7.11 Å². The molecule has 21 heteroatoms. The average Bonchev–Trinajstić information content (AvgIpc) is 3.21. The highest BCUT2D eigenvalue weighted by Crippen LogP contribution is 2.13. The van der Waals surface area contributed by atoms with Crippen LogP contribution >= 0.6 is 0 Å². The van der Waals surface area contributed by atoms with Crippen molar-refractivity contribution in [3.05, 3.63) is 65.7 Å². The molecule has 11 N–H and O–H groups in total. The van der Waals surface area contributed by atoms with Gasteiger partial charge in [-0.3, -0.25) is 24.0 Å². The standard InChI is InChI=1S/C41H59N7O14/c1-24(50)33(48-36(55)30(21-25-14-16-27(51)17-15-25)47-40(59)61-23-26-11-7-6-8-12-26)37(56)45-28(13-9-10-20-43-39(58)62-41(2,3)4)34(53)44-29(18-19-32(42)52)35(54)46-31(22-49)38(57)60-5/h6-8,11-12,14-17,24,28-31,33,49-51H,9-10,13,18-23H2,1-5H3,(H2,42,52)(H,43,58)(H,44,53)(H,45,56)(H,46,54)(H,47,59)(H,48,55)/t24-,28+,29+,30+,31+,33+/m1/s1. The molecule has 0 aromatic heterocycles. The fourth-order valence-corrected chi connectivity index (χ4v) is 5.57. The van der Waals surface area contributed by atoms with E-state index in [1.807, 2.05) is 0 Å². The third-order valence-corrected chi connectivity index (χ3v) is 8.78.